The van der Waals surface area contributed by atoms with Gasteiger partial charge in [-0.05, 0) is 48.0 Å². The second-order valence-corrected chi connectivity index (χ2v) is 16.4. The molecule has 14 rings (SSSR count). The van der Waals surface area contributed by atoms with Crippen LogP contribution in [0.5, 0.6) is 0 Å². The van der Waals surface area contributed by atoms with Crippen molar-refractivity contribution in [3.05, 3.63) is 194 Å². The SMILES string of the molecule is c1ccc(-c2nc3ccccc3c3c(-c4ccc(-c5nc(-c6cccc7c6oc6ccccc67)nc(-c6cccc7c6oc6ccccc67)n5)cc4)c4c(cc23)oc2ccccc24)cc1. The number of benzene rings is 9. The van der Waals surface area contributed by atoms with Crippen LogP contribution >= 0.6 is 0 Å². The summed E-state index contributed by atoms with van der Waals surface area (Å²) < 4.78 is 19.7. The number of fused-ring (bicyclic) bond motifs is 12. The van der Waals surface area contributed by atoms with E-state index in [1.807, 2.05) is 78.9 Å². The van der Waals surface area contributed by atoms with Gasteiger partial charge in [0.05, 0.1) is 22.3 Å². The van der Waals surface area contributed by atoms with Crippen molar-refractivity contribution in [2.45, 2.75) is 0 Å². The van der Waals surface area contributed by atoms with Gasteiger partial charge in [0.15, 0.2) is 17.5 Å². The molecule has 9 aromatic carbocycles. The molecule has 65 heavy (non-hydrogen) atoms. The predicted molar refractivity (Wildman–Crippen MR) is 262 cm³/mol. The van der Waals surface area contributed by atoms with E-state index >= 15 is 0 Å². The van der Waals surface area contributed by atoms with Crippen LogP contribution in [0.25, 0.3) is 144 Å². The number of aromatic nitrogens is 4. The molecule has 0 amide bonds. The van der Waals surface area contributed by atoms with Crippen LogP contribution in [0.4, 0.5) is 0 Å². The second-order valence-electron chi connectivity index (χ2n) is 16.4. The lowest BCUT2D eigenvalue weighted by Gasteiger charge is -2.16. The molecule has 0 aliphatic carbocycles. The Bertz CT molecular complexity index is 4110. The normalized spacial score (nSPS) is 12.0. The van der Waals surface area contributed by atoms with Gasteiger partial charge in [-0.2, -0.15) is 0 Å². The van der Waals surface area contributed by atoms with Gasteiger partial charge < -0.3 is 13.3 Å². The van der Waals surface area contributed by atoms with Crippen molar-refractivity contribution in [3.8, 4) is 56.5 Å². The van der Waals surface area contributed by atoms with Gasteiger partial charge in [-0.1, -0.05) is 152 Å². The predicted octanol–water partition coefficient (Wildman–Crippen LogP) is 15.6. The number of rotatable bonds is 5. The topological polar surface area (TPSA) is 91.0 Å². The van der Waals surface area contributed by atoms with E-state index in [-0.39, 0.29) is 0 Å². The third kappa shape index (κ3) is 5.42. The number of nitrogens with zero attached hydrogens (tertiary/aromatic N) is 4. The highest BCUT2D eigenvalue weighted by atomic mass is 16.3. The molecule has 0 N–H and O–H groups in total. The Kier molecular flexibility index (Phi) is 7.55. The maximum atomic E-state index is 6.66. The molecule has 0 saturated carbocycles. The summed E-state index contributed by atoms with van der Waals surface area (Å²) in [5, 5.41) is 9.38. The Morgan fingerprint density at radius 3 is 1.45 bits per heavy atom. The highest BCUT2D eigenvalue weighted by Crippen LogP contribution is 2.47. The van der Waals surface area contributed by atoms with Crippen molar-refractivity contribution in [3.63, 3.8) is 0 Å². The van der Waals surface area contributed by atoms with Crippen LogP contribution in [0.2, 0.25) is 0 Å². The quantitative estimate of drug-likeness (QED) is 0.160. The zero-order chi connectivity index (χ0) is 42.6. The third-order valence-corrected chi connectivity index (χ3v) is 12.7. The summed E-state index contributed by atoms with van der Waals surface area (Å²) in [5.41, 5.74) is 12.0. The first-order valence-corrected chi connectivity index (χ1v) is 21.6. The van der Waals surface area contributed by atoms with E-state index in [4.69, 9.17) is 33.2 Å². The Morgan fingerprint density at radius 1 is 0.292 bits per heavy atom. The first-order valence-electron chi connectivity index (χ1n) is 21.6. The van der Waals surface area contributed by atoms with Crippen LogP contribution in [0.15, 0.2) is 207 Å². The third-order valence-electron chi connectivity index (χ3n) is 12.7. The number of hydrogen-bond acceptors (Lipinski definition) is 7. The first-order chi connectivity index (χ1) is 32.2. The van der Waals surface area contributed by atoms with E-state index < -0.39 is 0 Å². The number of pyridine rings is 1. The summed E-state index contributed by atoms with van der Waals surface area (Å²) in [6.07, 6.45) is 0. The van der Waals surface area contributed by atoms with Crippen molar-refractivity contribution in [1.29, 1.82) is 0 Å². The summed E-state index contributed by atoms with van der Waals surface area (Å²) in [6, 6.07) is 66.2. The number of para-hydroxylation sites is 6. The summed E-state index contributed by atoms with van der Waals surface area (Å²) in [4.78, 5) is 20.9. The van der Waals surface area contributed by atoms with Crippen LogP contribution in [-0.2, 0) is 0 Å². The van der Waals surface area contributed by atoms with Crippen LogP contribution in [0.3, 0.4) is 0 Å². The minimum absolute atomic E-state index is 0.500. The fourth-order valence-electron chi connectivity index (χ4n) is 9.80. The van der Waals surface area contributed by atoms with Gasteiger partial charge in [0.2, 0.25) is 0 Å². The fourth-order valence-corrected chi connectivity index (χ4v) is 9.80. The highest BCUT2D eigenvalue weighted by molar-refractivity contribution is 6.28. The molecule has 0 spiro atoms. The van der Waals surface area contributed by atoms with Crippen molar-refractivity contribution in [2.24, 2.45) is 0 Å². The lowest BCUT2D eigenvalue weighted by molar-refractivity contribution is 0.669. The lowest BCUT2D eigenvalue weighted by Crippen LogP contribution is -2.00. The molecule has 5 aromatic heterocycles. The minimum Gasteiger partial charge on any atom is -0.456 e. The molecule has 0 fully saturated rings. The van der Waals surface area contributed by atoms with Crippen molar-refractivity contribution < 1.29 is 13.3 Å². The monoisotopic (exact) mass is 832 g/mol. The van der Waals surface area contributed by atoms with Crippen molar-refractivity contribution in [1.82, 2.24) is 19.9 Å². The van der Waals surface area contributed by atoms with E-state index in [1.165, 1.54) is 0 Å². The van der Waals surface area contributed by atoms with Crippen LogP contribution in [0, 0.1) is 0 Å². The standard InChI is InChI=1S/C58H32N4O3/c1-2-14-34(15-3-1)53-44-32-49-52(41-19-7-11-27-48(41)63-49)50(51(44)40-18-4-8-24-45(40)59-53)33-28-30-35(31-29-33)56-60-57(42-22-12-20-38-36-16-5-9-25-46(36)64-54(38)42)62-58(61-56)43-23-13-21-39-37-17-6-10-26-47(37)65-55(39)43/h1-32H. The van der Waals surface area contributed by atoms with E-state index in [0.717, 1.165) is 127 Å². The molecule has 5 heterocycles. The van der Waals surface area contributed by atoms with Gasteiger partial charge in [0.1, 0.15) is 33.5 Å². The molecule has 302 valence electrons. The molecule has 0 aliphatic rings. The summed E-state index contributed by atoms with van der Waals surface area (Å²) in [5.74, 6) is 1.52. The molecule has 0 unspecified atom stereocenters. The number of furan rings is 3. The average molecular weight is 833 g/mol. The highest BCUT2D eigenvalue weighted by Gasteiger charge is 2.24. The van der Waals surface area contributed by atoms with E-state index in [0.29, 0.717) is 17.5 Å². The van der Waals surface area contributed by atoms with E-state index in [9.17, 15) is 0 Å². The molecule has 0 radical (unpaired) electrons. The molecular formula is C58H32N4O3. The van der Waals surface area contributed by atoms with Gasteiger partial charge in [0.25, 0.3) is 0 Å². The Balaban J connectivity index is 1.01. The van der Waals surface area contributed by atoms with Gasteiger partial charge in [-0.3, -0.25) is 0 Å². The van der Waals surface area contributed by atoms with E-state index in [2.05, 4.69) is 115 Å². The van der Waals surface area contributed by atoms with Gasteiger partial charge in [-0.25, -0.2) is 19.9 Å². The van der Waals surface area contributed by atoms with Crippen molar-refractivity contribution in [2.75, 3.05) is 0 Å². The van der Waals surface area contributed by atoms with Crippen LogP contribution < -0.4 is 0 Å². The Labute approximate surface area is 369 Å². The zero-order valence-corrected chi connectivity index (χ0v) is 34.5. The van der Waals surface area contributed by atoms with Gasteiger partial charge in [-0.15, -0.1) is 0 Å². The molecule has 7 nitrogen and oxygen atoms in total. The summed E-state index contributed by atoms with van der Waals surface area (Å²) in [6.45, 7) is 0. The maximum absolute atomic E-state index is 6.66. The smallest absolute Gasteiger partial charge is 0.167 e. The molecule has 7 heteroatoms. The largest absolute Gasteiger partial charge is 0.456 e. The Morgan fingerprint density at radius 2 is 0.800 bits per heavy atom. The molecule has 0 saturated heterocycles. The van der Waals surface area contributed by atoms with E-state index in [1.54, 1.807) is 0 Å². The zero-order valence-electron chi connectivity index (χ0n) is 34.5. The first kappa shape index (κ1) is 35.6. The molecule has 0 atom stereocenters. The maximum Gasteiger partial charge on any atom is 0.167 e. The molecule has 14 aromatic rings. The summed E-state index contributed by atoms with van der Waals surface area (Å²) in [7, 11) is 0. The lowest BCUT2D eigenvalue weighted by atomic mass is 9.89. The van der Waals surface area contributed by atoms with Crippen LogP contribution in [0.1, 0.15) is 0 Å². The fraction of sp³-hybridized carbons (Fsp3) is 0. The van der Waals surface area contributed by atoms with Gasteiger partial charge >= 0.3 is 0 Å². The van der Waals surface area contributed by atoms with Gasteiger partial charge in [0, 0.05) is 65.2 Å². The second kappa shape index (κ2) is 13.8. The Hall–Kier alpha value is -8.94. The average Bonchev–Trinajstić information content (AvgIpc) is 4.07. The van der Waals surface area contributed by atoms with Crippen LogP contribution in [-0.4, -0.2) is 19.9 Å². The minimum atomic E-state index is 0.500. The molecular weight excluding hydrogens is 801 g/mol. The molecule has 0 aliphatic heterocycles. The number of hydrogen-bond donors (Lipinski definition) is 0. The summed E-state index contributed by atoms with van der Waals surface area (Å²) >= 11 is 0. The van der Waals surface area contributed by atoms with Crippen molar-refractivity contribution >= 4 is 87.5 Å². The molecule has 0 bridgehead atoms.